The Hall–Kier alpha value is -1.01. The molecule has 0 amide bonds. The molecule has 1 saturated heterocycles. The highest BCUT2D eigenvalue weighted by Crippen LogP contribution is 2.32. The number of nitrogens with zero attached hydrogens (tertiary/aromatic N) is 2. The molecule has 1 aliphatic rings. The van der Waals surface area contributed by atoms with Gasteiger partial charge in [0.1, 0.15) is 0 Å². The van der Waals surface area contributed by atoms with Crippen LogP contribution < -0.4 is 5.32 Å². The fourth-order valence-electron chi connectivity index (χ4n) is 1.98. The van der Waals surface area contributed by atoms with Crippen molar-refractivity contribution < 1.29 is 9.90 Å². The van der Waals surface area contributed by atoms with Crippen molar-refractivity contribution in [3.8, 4) is 0 Å². The average Bonchev–Trinajstić information content (AvgIpc) is 2.71. The van der Waals surface area contributed by atoms with Gasteiger partial charge in [-0.15, -0.1) is 0 Å². The van der Waals surface area contributed by atoms with Crippen molar-refractivity contribution in [2.75, 3.05) is 13.1 Å². The Morgan fingerprint density at radius 2 is 2.33 bits per heavy atom. The van der Waals surface area contributed by atoms with Crippen LogP contribution in [-0.4, -0.2) is 32.9 Å². The maximum atomic E-state index is 11.3. The van der Waals surface area contributed by atoms with Crippen LogP contribution >= 0.6 is 11.7 Å². The van der Waals surface area contributed by atoms with E-state index in [4.69, 9.17) is 0 Å². The highest BCUT2D eigenvalue weighted by molar-refractivity contribution is 6.99. The number of aliphatic carboxylic acids is 1. The zero-order valence-electron chi connectivity index (χ0n) is 8.27. The summed E-state index contributed by atoms with van der Waals surface area (Å²) in [7, 11) is 0. The molecule has 2 rings (SSSR count). The van der Waals surface area contributed by atoms with Gasteiger partial charge >= 0.3 is 5.97 Å². The van der Waals surface area contributed by atoms with Crippen LogP contribution in [0.2, 0.25) is 0 Å². The Balaban J connectivity index is 2.15. The van der Waals surface area contributed by atoms with Crippen LogP contribution in [0.15, 0.2) is 6.20 Å². The van der Waals surface area contributed by atoms with Crippen molar-refractivity contribution in [1.29, 1.82) is 0 Å². The molecule has 1 aromatic rings. The van der Waals surface area contributed by atoms with Crippen molar-refractivity contribution in [3.05, 3.63) is 11.9 Å². The molecule has 2 N–H and O–H groups in total. The summed E-state index contributed by atoms with van der Waals surface area (Å²) in [5.41, 5.74) is 0.158. The number of hydrogen-bond donors (Lipinski definition) is 2. The Bertz CT molecular complexity index is 333. The van der Waals surface area contributed by atoms with Crippen molar-refractivity contribution in [2.24, 2.45) is 5.41 Å². The van der Waals surface area contributed by atoms with E-state index in [1.165, 1.54) is 0 Å². The third-order valence-corrected chi connectivity index (χ3v) is 3.46. The summed E-state index contributed by atoms with van der Waals surface area (Å²) in [6, 6.07) is 0. The summed E-state index contributed by atoms with van der Waals surface area (Å²) in [5.74, 6) is -0.711. The molecule has 0 atom stereocenters. The Kier molecular flexibility index (Phi) is 2.97. The number of carboxylic acid groups (broad SMARTS) is 1. The van der Waals surface area contributed by atoms with Crippen LogP contribution in [0, 0.1) is 5.41 Å². The maximum Gasteiger partial charge on any atom is 0.310 e. The molecule has 5 nitrogen and oxygen atoms in total. The molecule has 0 radical (unpaired) electrons. The van der Waals surface area contributed by atoms with Crippen LogP contribution in [0.3, 0.4) is 0 Å². The van der Waals surface area contributed by atoms with Gasteiger partial charge in [0, 0.05) is 6.42 Å². The standard InChI is InChI=1S/C9H13N3O2S/c13-8(14)9(1-3-10-4-2-9)5-7-6-11-15-12-7/h6,10H,1-5H2,(H,13,14). The minimum absolute atomic E-state index is 0.501. The molecule has 6 heteroatoms. The third-order valence-electron chi connectivity index (χ3n) is 2.94. The number of nitrogens with one attached hydrogen (secondary N) is 1. The van der Waals surface area contributed by atoms with Gasteiger partial charge < -0.3 is 10.4 Å². The fraction of sp³-hybridized carbons (Fsp3) is 0.667. The predicted octanol–water partition coefficient (Wildman–Crippen LogP) is 0.535. The van der Waals surface area contributed by atoms with Gasteiger partial charge in [-0.3, -0.25) is 4.79 Å². The summed E-state index contributed by atoms with van der Waals surface area (Å²) in [4.78, 5) is 11.3. The van der Waals surface area contributed by atoms with E-state index in [1.54, 1.807) is 6.20 Å². The molecule has 1 fully saturated rings. The van der Waals surface area contributed by atoms with E-state index in [9.17, 15) is 9.90 Å². The number of piperidine rings is 1. The lowest BCUT2D eigenvalue weighted by Crippen LogP contribution is -2.43. The minimum atomic E-state index is -0.711. The Labute approximate surface area is 91.8 Å². The van der Waals surface area contributed by atoms with Crippen LogP contribution in [0.1, 0.15) is 18.5 Å². The normalized spacial score (nSPS) is 20.0. The average molecular weight is 227 g/mol. The molecule has 0 bridgehead atoms. The van der Waals surface area contributed by atoms with E-state index >= 15 is 0 Å². The summed E-state index contributed by atoms with van der Waals surface area (Å²) in [6.45, 7) is 1.54. The van der Waals surface area contributed by atoms with Gasteiger partial charge in [-0.05, 0) is 25.9 Å². The lowest BCUT2D eigenvalue weighted by Gasteiger charge is -2.32. The Morgan fingerprint density at radius 3 is 2.87 bits per heavy atom. The largest absolute Gasteiger partial charge is 0.481 e. The van der Waals surface area contributed by atoms with Crippen LogP contribution in [0.5, 0.6) is 0 Å². The smallest absolute Gasteiger partial charge is 0.310 e. The second-order valence-corrected chi connectivity index (χ2v) is 4.47. The summed E-state index contributed by atoms with van der Waals surface area (Å²) in [6.07, 6.45) is 3.50. The maximum absolute atomic E-state index is 11.3. The molecule has 0 saturated carbocycles. The molecular formula is C9H13N3O2S. The lowest BCUT2D eigenvalue weighted by atomic mass is 9.75. The van der Waals surface area contributed by atoms with Gasteiger partial charge in [0.2, 0.25) is 0 Å². The van der Waals surface area contributed by atoms with E-state index in [-0.39, 0.29) is 0 Å². The zero-order valence-corrected chi connectivity index (χ0v) is 9.09. The monoisotopic (exact) mass is 227 g/mol. The van der Waals surface area contributed by atoms with Crippen molar-refractivity contribution >= 4 is 17.7 Å². The second kappa shape index (κ2) is 4.24. The number of hydrogen-bond acceptors (Lipinski definition) is 5. The van der Waals surface area contributed by atoms with E-state index in [2.05, 4.69) is 14.1 Å². The quantitative estimate of drug-likeness (QED) is 0.788. The van der Waals surface area contributed by atoms with Crippen molar-refractivity contribution in [3.63, 3.8) is 0 Å². The van der Waals surface area contributed by atoms with Crippen LogP contribution in [-0.2, 0) is 11.2 Å². The van der Waals surface area contributed by atoms with E-state index in [1.807, 2.05) is 0 Å². The zero-order chi connectivity index (χ0) is 10.7. The molecule has 1 aromatic heterocycles. The first-order valence-corrected chi connectivity index (χ1v) is 5.66. The molecule has 0 spiro atoms. The molecule has 1 aliphatic heterocycles. The predicted molar refractivity (Wildman–Crippen MR) is 55.8 cm³/mol. The number of aromatic nitrogens is 2. The third kappa shape index (κ3) is 2.15. The van der Waals surface area contributed by atoms with E-state index in [0.717, 1.165) is 30.5 Å². The van der Waals surface area contributed by atoms with Crippen LogP contribution in [0.25, 0.3) is 0 Å². The molecule has 0 unspecified atom stereocenters. The van der Waals surface area contributed by atoms with Gasteiger partial charge in [0.25, 0.3) is 0 Å². The van der Waals surface area contributed by atoms with Gasteiger partial charge in [-0.1, -0.05) is 0 Å². The van der Waals surface area contributed by atoms with Crippen molar-refractivity contribution in [1.82, 2.24) is 14.1 Å². The number of rotatable bonds is 3. The molecule has 0 aliphatic carbocycles. The molecular weight excluding hydrogens is 214 g/mol. The Morgan fingerprint density at radius 1 is 1.60 bits per heavy atom. The topological polar surface area (TPSA) is 75.1 Å². The summed E-state index contributed by atoms with van der Waals surface area (Å²) < 4.78 is 7.98. The first-order valence-electron chi connectivity index (χ1n) is 4.93. The summed E-state index contributed by atoms with van der Waals surface area (Å²) in [5, 5.41) is 12.5. The molecule has 82 valence electrons. The highest BCUT2D eigenvalue weighted by Gasteiger charge is 2.40. The minimum Gasteiger partial charge on any atom is -0.481 e. The number of carboxylic acids is 1. The first kappa shape index (κ1) is 10.5. The van der Waals surface area contributed by atoms with E-state index in [0.29, 0.717) is 19.3 Å². The fourth-order valence-corrected chi connectivity index (χ4v) is 2.41. The number of carbonyl (C=O) groups is 1. The molecule has 2 heterocycles. The van der Waals surface area contributed by atoms with Crippen LogP contribution in [0.4, 0.5) is 0 Å². The van der Waals surface area contributed by atoms with Gasteiger partial charge in [-0.2, -0.15) is 8.75 Å². The lowest BCUT2D eigenvalue weighted by molar-refractivity contribution is -0.150. The SMILES string of the molecule is O=C(O)C1(Cc2cnsn2)CCNCC1. The molecule has 15 heavy (non-hydrogen) atoms. The molecule has 0 aromatic carbocycles. The summed E-state index contributed by atoms with van der Waals surface area (Å²) >= 11 is 1.13. The first-order chi connectivity index (χ1) is 7.23. The van der Waals surface area contributed by atoms with E-state index < -0.39 is 11.4 Å². The van der Waals surface area contributed by atoms with Gasteiger partial charge in [-0.25, -0.2) is 0 Å². The highest BCUT2D eigenvalue weighted by atomic mass is 32.1. The van der Waals surface area contributed by atoms with Crippen molar-refractivity contribution in [2.45, 2.75) is 19.3 Å². The van der Waals surface area contributed by atoms with Gasteiger partial charge in [0.05, 0.1) is 29.0 Å². The van der Waals surface area contributed by atoms with Gasteiger partial charge in [0.15, 0.2) is 0 Å². The second-order valence-electron chi connectivity index (χ2n) is 3.91.